The Bertz CT molecular complexity index is 1360. The molecule has 36 heavy (non-hydrogen) atoms. The second-order valence-corrected chi connectivity index (χ2v) is 12.3. The van der Waals surface area contributed by atoms with Gasteiger partial charge >= 0.3 is 0 Å². The molecule has 3 aromatic rings. The van der Waals surface area contributed by atoms with Crippen LogP contribution in [0.4, 0.5) is 0 Å². The van der Waals surface area contributed by atoms with Crippen LogP contribution in [0.3, 0.4) is 0 Å². The number of carbonyl (C=O) groups is 1. The summed E-state index contributed by atoms with van der Waals surface area (Å²) in [6.07, 6.45) is 5.97. The molecule has 2 nitrogen and oxygen atoms in total. The van der Waals surface area contributed by atoms with Crippen molar-refractivity contribution in [1.29, 1.82) is 0 Å². The highest BCUT2D eigenvalue weighted by atomic mass is 16.3. The fourth-order valence-corrected chi connectivity index (χ4v) is 8.27. The molecule has 0 amide bonds. The van der Waals surface area contributed by atoms with Gasteiger partial charge in [0.25, 0.3) is 0 Å². The number of hydrogen-bond donors (Lipinski definition) is 1. The van der Waals surface area contributed by atoms with Crippen molar-refractivity contribution in [2.24, 2.45) is 17.3 Å². The number of aryl methyl sites for hydroxylation is 4. The molecule has 2 heteroatoms. The molecule has 2 saturated carbocycles. The Balaban J connectivity index is 1.58. The van der Waals surface area contributed by atoms with Crippen LogP contribution in [0, 0.1) is 44.9 Å². The van der Waals surface area contributed by atoms with Crippen molar-refractivity contribution >= 4 is 5.78 Å². The molecule has 0 saturated heterocycles. The van der Waals surface area contributed by atoms with Gasteiger partial charge in [0, 0.05) is 23.0 Å². The highest BCUT2D eigenvalue weighted by Gasteiger charge is 2.54. The van der Waals surface area contributed by atoms with Crippen LogP contribution in [0.2, 0.25) is 0 Å². The number of hydrogen-bond acceptors (Lipinski definition) is 2. The summed E-state index contributed by atoms with van der Waals surface area (Å²) >= 11 is 0. The van der Waals surface area contributed by atoms with E-state index in [1.165, 1.54) is 33.4 Å². The molecular formula is C34H38O2. The third kappa shape index (κ3) is 3.56. The molecular weight excluding hydrogens is 440 g/mol. The number of carbonyl (C=O) groups excluding carboxylic acids is 1. The third-order valence-corrected chi connectivity index (χ3v) is 9.76. The van der Waals surface area contributed by atoms with Crippen LogP contribution in [0.5, 0.6) is 5.75 Å². The highest BCUT2D eigenvalue weighted by molar-refractivity contribution is 5.88. The van der Waals surface area contributed by atoms with E-state index in [0.717, 1.165) is 60.8 Å². The molecule has 3 aliphatic rings. The number of phenolic OH excluding ortho intramolecular Hbond substituents is 1. The largest absolute Gasteiger partial charge is 0.507 e. The van der Waals surface area contributed by atoms with Crippen LogP contribution in [-0.4, -0.2) is 10.9 Å². The molecule has 6 rings (SSSR count). The Morgan fingerprint density at radius 2 is 1.39 bits per heavy atom. The van der Waals surface area contributed by atoms with Crippen molar-refractivity contribution in [2.45, 2.75) is 79.1 Å². The predicted molar refractivity (Wildman–Crippen MR) is 148 cm³/mol. The molecule has 0 bridgehead atoms. The Hall–Kier alpha value is -2.87. The number of Topliss-reactive ketones (excluding diaryl/α,β-unsaturated/α-hetero) is 1. The van der Waals surface area contributed by atoms with Gasteiger partial charge in [0.2, 0.25) is 0 Å². The first-order chi connectivity index (χ1) is 17.2. The zero-order valence-corrected chi connectivity index (χ0v) is 22.4. The van der Waals surface area contributed by atoms with Crippen molar-refractivity contribution in [1.82, 2.24) is 0 Å². The molecule has 0 unspecified atom stereocenters. The average molecular weight is 479 g/mol. The molecule has 186 valence electrons. The molecule has 4 atom stereocenters. The first kappa shape index (κ1) is 23.5. The first-order valence-corrected chi connectivity index (χ1v) is 13.7. The van der Waals surface area contributed by atoms with Gasteiger partial charge in [-0.2, -0.15) is 0 Å². The van der Waals surface area contributed by atoms with Gasteiger partial charge in [-0.05, 0) is 106 Å². The Labute approximate surface area is 215 Å². The number of rotatable bonds is 2. The Kier molecular flexibility index (Phi) is 5.44. The number of ketones is 1. The van der Waals surface area contributed by atoms with Crippen LogP contribution in [0.1, 0.15) is 78.3 Å². The molecule has 0 radical (unpaired) electrons. The minimum atomic E-state index is -0.122. The lowest BCUT2D eigenvalue weighted by Gasteiger charge is -2.48. The van der Waals surface area contributed by atoms with E-state index in [1.54, 1.807) is 0 Å². The monoisotopic (exact) mass is 478 g/mol. The number of aromatic hydroxyl groups is 1. The summed E-state index contributed by atoms with van der Waals surface area (Å²) in [6, 6.07) is 15.6. The van der Waals surface area contributed by atoms with Gasteiger partial charge in [-0.1, -0.05) is 65.6 Å². The van der Waals surface area contributed by atoms with Crippen molar-refractivity contribution in [3.8, 4) is 28.0 Å². The van der Waals surface area contributed by atoms with Crippen molar-refractivity contribution in [3.63, 3.8) is 0 Å². The SMILES string of the molecule is Cc1cc(C)cc(-c2cc3c(c(-c4cc(C)cc(C)c4)c2O)CC[C@@H]2[C@@H]3CC[C@]3(C)C(=O)CC[C@@H]23)c1. The van der Waals surface area contributed by atoms with Crippen LogP contribution in [0.15, 0.2) is 42.5 Å². The molecule has 1 N–H and O–H groups in total. The Morgan fingerprint density at radius 1 is 0.778 bits per heavy atom. The summed E-state index contributed by atoms with van der Waals surface area (Å²) in [5, 5.41) is 11.9. The highest BCUT2D eigenvalue weighted by Crippen LogP contribution is 2.61. The topological polar surface area (TPSA) is 37.3 Å². The van der Waals surface area contributed by atoms with Crippen molar-refractivity contribution in [3.05, 3.63) is 75.8 Å². The van der Waals surface area contributed by atoms with E-state index in [1.807, 2.05) is 0 Å². The second kappa shape index (κ2) is 8.33. The molecule has 0 spiro atoms. The number of benzene rings is 3. The van der Waals surface area contributed by atoms with Gasteiger partial charge in [0.1, 0.15) is 11.5 Å². The van der Waals surface area contributed by atoms with E-state index >= 15 is 0 Å². The maximum atomic E-state index is 12.9. The normalized spacial score (nSPS) is 26.9. The van der Waals surface area contributed by atoms with Gasteiger partial charge < -0.3 is 5.11 Å². The fourth-order valence-electron chi connectivity index (χ4n) is 8.27. The fraction of sp³-hybridized carbons (Fsp3) is 0.441. The molecule has 0 heterocycles. The summed E-state index contributed by atoms with van der Waals surface area (Å²) in [5.74, 6) is 2.44. The van der Waals surface area contributed by atoms with E-state index in [0.29, 0.717) is 29.3 Å². The zero-order valence-electron chi connectivity index (χ0n) is 22.4. The van der Waals surface area contributed by atoms with Gasteiger partial charge in [0.15, 0.2) is 0 Å². The average Bonchev–Trinajstić information content (AvgIpc) is 3.11. The van der Waals surface area contributed by atoms with Crippen molar-refractivity contribution in [2.75, 3.05) is 0 Å². The third-order valence-electron chi connectivity index (χ3n) is 9.76. The van der Waals surface area contributed by atoms with E-state index in [9.17, 15) is 9.90 Å². The maximum absolute atomic E-state index is 12.9. The zero-order chi connectivity index (χ0) is 25.4. The van der Waals surface area contributed by atoms with Crippen LogP contribution in [0.25, 0.3) is 22.3 Å². The summed E-state index contributed by atoms with van der Waals surface area (Å²) in [7, 11) is 0. The van der Waals surface area contributed by atoms with Crippen molar-refractivity contribution < 1.29 is 9.90 Å². The maximum Gasteiger partial charge on any atom is 0.139 e. The molecule has 2 fully saturated rings. The lowest BCUT2D eigenvalue weighted by Crippen LogP contribution is -2.42. The second-order valence-electron chi connectivity index (χ2n) is 12.3. The first-order valence-electron chi connectivity index (χ1n) is 13.7. The lowest BCUT2D eigenvalue weighted by molar-refractivity contribution is -0.129. The minimum absolute atomic E-state index is 0.122. The quantitative estimate of drug-likeness (QED) is 0.401. The van der Waals surface area contributed by atoms with Crippen LogP contribution < -0.4 is 0 Å². The van der Waals surface area contributed by atoms with Gasteiger partial charge in [0.05, 0.1) is 0 Å². The predicted octanol–water partition coefficient (Wildman–Crippen LogP) is 8.39. The number of phenols is 1. The van der Waals surface area contributed by atoms with Gasteiger partial charge in [-0.25, -0.2) is 0 Å². The minimum Gasteiger partial charge on any atom is -0.507 e. The van der Waals surface area contributed by atoms with Gasteiger partial charge in [-0.3, -0.25) is 4.79 Å². The Morgan fingerprint density at radius 3 is 2.03 bits per heavy atom. The molecule has 0 aliphatic heterocycles. The molecule has 0 aromatic heterocycles. The molecule has 3 aliphatic carbocycles. The van der Waals surface area contributed by atoms with Gasteiger partial charge in [-0.15, -0.1) is 0 Å². The smallest absolute Gasteiger partial charge is 0.139 e. The number of fused-ring (bicyclic) bond motifs is 5. The van der Waals surface area contributed by atoms with E-state index < -0.39 is 0 Å². The molecule has 3 aromatic carbocycles. The lowest BCUT2D eigenvalue weighted by atomic mass is 9.55. The standard InChI is InChI=1S/C34H38O2/c1-19-12-20(2)15-23(14-19)28-18-29-25-10-11-34(5)30(8-9-31(34)35)26(25)6-7-27(29)32(33(28)36)24-16-21(3)13-22(4)17-24/h12-18,25-26,30,36H,6-11H2,1-5H3/t25-,26+,30-,34-/m0/s1. The van der Waals surface area contributed by atoms with Crippen LogP contribution in [-0.2, 0) is 11.2 Å². The van der Waals surface area contributed by atoms with E-state index in [2.05, 4.69) is 77.1 Å². The summed E-state index contributed by atoms with van der Waals surface area (Å²) in [4.78, 5) is 12.9. The summed E-state index contributed by atoms with van der Waals surface area (Å²) < 4.78 is 0. The summed E-state index contributed by atoms with van der Waals surface area (Å²) in [6.45, 7) is 10.8. The van der Waals surface area contributed by atoms with E-state index in [4.69, 9.17) is 0 Å². The summed E-state index contributed by atoms with van der Waals surface area (Å²) in [5.41, 5.74) is 11.7. The van der Waals surface area contributed by atoms with E-state index in [-0.39, 0.29) is 5.41 Å². The van der Waals surface area contributed by atoms with Crippen LogP contribution >= 0.6 is 0 Å².